The standard InChI is InChI=1S/C36H23N3S/c1-2-12-27-24(10-1)11-9-14-28(27)35-29-13-3-4-15-30(29)37-36(38-35)25-20-22-26(23-21-25)39-31-16-5-7-18-33(31)40-34-19-8-6-17-32(34)39/h1-23H. The first kappa shape index (κ1) is 23.0. The molecule has 7 aromatic rings. The van der Waals surface area contributed by atoms with E-state index >= 15 is 0 Å². The highest BCUT2D eigenvalue weighted by molar-refractivity contribution is 7.99. The predicted molar refractivity (Wildman–Crippen MR) is 167 cm³/mol. The molecule has 0 radical (unpaired) electrons. The third-order valence-electron chi connectivity index (χ3n) is 7.46. The third kappa shape index (κ3) is 3.76. The molecule has 0 unspecified atom stereocenters. The summed E-state index contributed by atoms with van der Waals surface area (Å²) in [5.74, 6) is 0.725. The Morgan fingerprint density at radius 3 is 1.90 bits per heavy atom. The van der Waals surface area contributed by atoms with Gasteiger partial charge in [0.25, 0.3) is 0 Å². The van der Waals surface area contributed by atoms with Gasteiger partial charge in [-0.3, -0.25) is 0 Å². The predicted octanol–water partition coefficient (Wildman–Crippen LogP) is 10.1. The fourth-order valence-corrected chi connectivity index (χ4v) is 6.64. The van der Waals surface area contributed by atoms with Crippen molar-refractivity contribution in [2.75, 3.05) is 4.90 Å². The lowest BCUT2D eigenvalue weighted by molar-refractivity contribution is 1.16. The lowest BCUT2D eigenvalue weighted by Gasteiger charge is -2.32. The van der Waals surface area contributed by atoms with E-state index in [4.69, 9.17) is 9.97 Å². The van der Waals surface area contributed by atoms with Crippen LogP contribution in [-0.4, -0.2) is 9.97 Å². The quantitative estimate of drug-likeness (QED) is 0.228. The zero-order valence-electron chi connectivity index (χ0n) is 21.5. The Hall–Kier alpha value is -4.93. The Morgan fingerprint density at radius 1 is 0.500 bits per heavy atom. The minimum Gasteiger partial charge on any atom is -0.308 e. The maximum Gasteiger partial charge on any atom is 0.160 e. The number of hydrogen-bond acceptors (Lipinski definition) is 4. The van der Waals surface area contributed by atoms with Crippen molar-refractivity contribution in [1.29, 1.82) is 0 Å². The highest BCUT2D eigenvalue weighted by Gasteiger charge is 2.24. The Kier molecular flexibility index (Phi) is 5.39. The molecule has 0 saturated heterocycles. The topological polar surface area (TPSA) is 29.0 Å². The zero-order valence-corrected chi connectivity index (χ0v) is 22.3. The number of benzene rings is 6. The van der Waals surface area contributed by atoms with Crippen molar-refractivity contribution in [3.8, 4) is 22.6 Å². The second-order valence-electron chi connectivity index (χ2n) is 9.86. The molecule has 40 heavy (non-hydrogen) atoms. The van der Waals surface area contributed by atoms with Gasteiger partial charge in [-0.15, -0.1) is 0 Å². The van der Waals surface area contributed by atoms with Gasteiger partial charge in [0, 0.05) is 32.0 Å². The molecule has 8 rings (SSSR count). The van der Waals surface area contributed by atoms with E-state index in [1.807, 2.05) is 17.8 Å². The zero-order chi connectivity index (χ0) is 26.5. The Morgan fingerprint density at radius 2 is 1.12 bits per heavy atom. The van der Waals surface area contributed by atoms with Crippen LogP contribution in [0, 0.1) is 0 Å². The number of fused-ring (bicyclic) bond motifs is 4. The van der Waals surface area contributed by atoms with Gasteiger partial charge in [-0.25, -0.2) is 9.97 Å². The van der Waals surface area contributed by atoms with Crippen molar-refractivity contribution in [1.82, 2.24) is 9.97 Å². The van der Waals surface area contributed by atoms with E-state index in [1.54, 1.807) is 0 Å². The second-order valence-corrected chi connectivity index (χ2v) is 10.9. The normalized spacial score (nSPS) is 12.3. The monoisotopic (exact) mass is 529 g/mol. The molecular formula is C36H23N3S. The van der Waals surface area contributed by atoms with Gasteiger partial charge < -0.3 is 4.90 Å². The number of nitrogens with zero attached hydrogens (tertiary/aromatic N) is 3. The van der Waals surface area contributed by atoms with Crippen LogP contribution in [0.1, 0.15) is 0 Å². The summed E-state index contributed by atoms with van der Waals surface area (Å²) >= 11 is 1.82. The van der Waals surface area contributed by atoms with Crippen LogP contribution < -0.4 is 4.90 Å². The van der Waals surface area contributed by atoms with Gasteiger partial charge in [-0.05, 0) is 65.4 Å². The number of hydrogen-bond donors (Lipinski definition) is 0. The molecule has 0 spiro atoms. The van der Waals surface area contributed by atoms with Gasteiger partial charge in [-0.2, -0.15) is 0 Å². The molecule has 0 bridgehead atoms. The summed E-state index contributed by atoms with van der Waals surface area (Å²) in [6.45, 7) is 0. The minimum atomic E-state index is 0.725. The molecule has 0 atom stereocenters. The van der Waals surface area contributed by atoms with Crippen LogP contribution in [0.25, 0.3) is 44.3 Å². The van der Waals surface area contributed by atoms with Gasteiger partial charge >= 0.3 is 0 Å². The highest BCUT2D eigenvalue weighted by Crippen LogP contribution is 2.51. The van der Waals surface area contributed by atoms with E-state index in [9.17, 15) is 0 Å². The molecule has 1 aliphatic rings. The van der Waals surface area contributed by atoms with E-state index in [-0.39, 0.29) is 0 Å². The molecule has 0 saturated carbocycles. The molecule has 0 amide bonds. The van der Waals surface area contributed by atoms with E-state index < -0.39 is 0 Å². The van der Waals surface area contributed by atoms with Crippen LogP contribution in [0.3, 0.4) is 0 Å². The molecular weight excluding hydrogens is 506 g/mol. The molecule has 1 aromatic heterocycles. The fourth-order valence-electron chi connectivity index (χ4n) is 5.59. The van der Waals surface area contributed by atoms with Gasteiger partial charge in [0.15, 0.2) is 5.82 Å². The number of aromatic nitrogens is 2. The summed E-state index contributed by atoms with van der Waals surface area (Å²) in [7, 11) is 0. The van der Waals surface area contributed by atoms with Crippen LogP contribution >= 0.6 is 11.8 Å². The Balaban J connectivity index is 1.26. The average molecular weight is 530 g/mol. The molecule has 0 N–H and O–H groups in total. The second kappa shape index (κ2) is 9.37. The van der Waals surface area contributed by atoms with Crippen molar-refractivity contribution in [3.63, 3.8) is 0 Å². The molecule has 0 aliphatic carbocycles. The van der Waals surface area contributed by atoms with E-state index in [0.717, 1.165) is 39.2 Å². The van der Waals surface area contributed by atoms with Crippen molar-refractivity contribution in [3.05, 3.63) is 140 Å². The SMILES string of the molecule is c1ccc2c(c1)Sc1ccccc1N2c1ccc(-c2nc(-c3cccc4ccccc34)c3ccccc3n2)cc1. The molecule has 1 aliphatic heterocycles. The molecule has 188 valence electrons. The van der Waals surface area contributed by atoms with E-state index in [1.165, 1.54) is 31.9 Å². The van der Waals surface area contributed by atoms with Crippen LogP contribution in [0.4, 0.5) is 17.1 Å². The van der Waals surface area contributed by atoms with Crippen LogP contribution in [0.5, 0.6) is 0 Å². The Labute approximate surface area is 236 Å². The smallest absolute Gasteiger partial charge is 0.160 e. The summed E-state index contributed by atoms with van der Waals surface area (Å²) in [4.78, 5) is 15.0. The largest absolute Gasteiger partial charge is 0.308 e. The van der Waals surface area contributed by atoms with Gasteiger partial charge in [0.2, 0.25) is 0 Å². The van der Waals surface area contributed by atoms with Crippen LogP contribution in [0.15, 0.2) is 149 Å². The summed E-state index contributed by atoms with van der Waals surface area (Å²) in [5.41, 5.74) is 7.50. The summed E-state index contributed by atoms with van der Waals surface area (Å²) in [5, 5.41) is 3.45. The first-order valence-corrected chi connectivity index (χ1v) is 14.2. The van der Waals surface area contributed by atoms with Gasteiger partial charge in [0.05, 0.1) is 22.6 Å². The maximum absolute atomic E-state index is 5.18. The Bertz CT molecular complexity index is 2000. The van der Waals surface area contributed by atoms with E-state index in [0.29, 0.717) is 0 Å². The number of rotatable bonds is 3. The highest BCUT2D eigenvalue weighted by atomic mass is 32.2. The fraction of sp³-hybridized carbons (Fsp3) is 0. The molecule has 0 fully saturated rings. The van der Waals surface area contributed by atoms with Crippen molar-refractivity contribution < 1.29 is 0 Å². The summed E-state index contributed by atoms with van der Waals surface area (Å²) in [6, 6.07) is 49.0. The lowest BCUT2D eigenvalue weighted by Crippen LogP contribution is -2.14. The molecule has 4 heteroatoms. The van der Waals surface area contributed by atoms with Gasteiger partial charge in [-0.1, -0.05) is 96.7 Å². The first-order valence-electron chi connectivity index (χ1n) is 13.3. The molecule has 2 heterocycles. The first-order chi connectivity index (χ1) is 19.8. The third-order valence-corrected chi connectivity index (χ3v) is 8.59. The van der Waals surface area contributed by atoms with Crippen molar-refractivity contribution in [2.45, 2.75) is 9.79 Å². The number of anilines is 3. The van der Waals surface area contributed by atoms with Crippen LogP contribution in [0.2, 0.25) is 0 Å². The van der Waals surface area contributed by atoms with Gasteiger partial charge in [0.1, 0.15) is 0 Å². The van der Waals surface area contributed by atoms with Crippen molar-refractivity contribution >= 4 is 50.5 Å². The van der Waals surface area contributed by atoms with Crippen LogP contribution in [-0.2, 0) is 0 Å². The summed E-state index contributed by atoms with van der Waals surface area (Å²) in [6.07, 6.45) is 0. The minimum absolute atomic E-state index is 0.725. The van der Waals surface area contributed by atoms with Crippen molar-refractivity contribution in [2.24, 2.45) is 0 Å². The maximum atomic E-state index is 5.18. The summed E-state index contributed by atoms with van der Waals surface area (Å²) < 4.78 is 0. The lowest BCUT2D eigenvalue weighted by atomic mass is 9.99. The number of para-hydroxylation sites is 3. The molecule has 3 nitrogen and oxygen atoms in total. The average Bonchev–Trinajstić information content (AvgIpc) is 3.03. The van der Waals surface area contributed by atoms with E-state index in [2.05, 4.69) is 138 Å². The molecule has 6 aromatic carbocycles.